The summed E-state index contributed by atoms with van der Waals surface area (Å²) >= 11 is 3.96. The summed E-state index contributed by atoms with van der Waals surface area (Å²) in [4.78, 5) is 4.32. The van der Waals surface area contributed by atoms with Crippen molar-refractivity contribution in [3.05, 3.63) is 27.6 Å². The minimum absolute atomic E-state index is 0.158. The van der Waals surface area contributed by atoms with E-state index in [2.05, 4.69) is 46.6 Å². The van der Waals surface area contributed by atoms with Gasteiger partial charge in [0.1, 0.15) is 5.75 Å². The van der Waals surface area contributed by atoms with Gasteiger partial charge in [-0.2, -0.15) is 16.7 Å². The average molecular weight is 390 g/mol. The van der Waals surface area contributed by atoms with Crippen molar-refractivity contribution in [1.82, 2.24) is 10.1 Å². The third kappa shape index (κ3) is 4.10. The van der Waals surface area contributed by atoms with E-state index < -0.39 is 0 Å². The van der Waals surface area contributed by atoms with Crippen molar-refractivity contribution in [2.75, 3.05) is 5.75 Å². The molecule has 2 rings (SSSR count). The van der Waals surface area contributed by atoms with Crippen LogP contribution in [0.15, 0.2) is 22.7 Å². The highest BCUT2D eigenvalue weighted by Crippen LogP contribution is 2.29. The van der Waals surface area contributed by atoms with Gasteiger partial charge in [0, 0.05) is 3.57 Å². The van der Waals surface area contributed by atoms with Gasteiger partial charge in [0.15, 0.2) is 5.82 Å². The lowest BCUT2D eigenvalue weighted by Crippen LogP contribution is -1.92. The van der Waals surface area contributed by atoms with Crippen molar-refractivity contribution >= 4 is 34.4 Å². The Morgan fingerprint density at radius 1 is 1.42 bits per heavy atom. The second-order valence-corrected chi connectivity index (χ2v) is 6.86. The molecule has 2 aromatic rings. The van der Waals surface area contributed by atoms with Gasteiger partial charge in [0.2, 0.25) is 0 Å². The highest BCUT2D eigenvalue weighted by molar-refractivity contribution is 14.1. The van der Waals surface area contributed by atoms with Gasteiger partial charge in [-0.1, -0.05) is 19.0 Å². The van der Waals surface area contributed by atoms with Gasteiger partial charge in [0.05, 0.1) is 11.3 Å². The van der Waals surface area contributed by atoms with Crippen LogP contribution in [0, 0.1) is 9.49 Å². The molecule has 0 saturated heterocycles. The molecule has 0 radical (unpaired) electrons. The van der Waals surface area contributed by atoms with Crippen LogP contribution in [-0.2, 0) is 5.75 Å². The Bertz CT molecular complexity index is 557. The third-order valence-corrected chi connectivity index (χ3v) is 4.38. The quantitative estimate of drug-likeness (QED) is 0.784. The molecule has 1 aromatic carbocycles. The van der Waals surface area contributed by atoms with Crippen LogP contribution in [-0.4, -0.2) is 21.0 Å². The van der Waals surface area contributed by atoms with Gasteiger partial charge < -0.3 is 9.63 Å². The van der Waals surface area contributed by atoms with E-state index in [9.17, 15) is 5.11 Å². The zero-order valence-corrected chi connectivity index (χ0v) is 13.7. The zero-order chi connectivity index (χ0) is 13.8. The molecule has 0 spiro atoms. The molecular weight excluding hydrogens is 375 g/mol. The Morgan fingerprint density at radius 2 is 2.21 bits per heavy atom. The van der Waals surface area contributed by atoms with Crippen LogP contribution in [0.2, 0.25) is 0 Å². The Morgan fingerprint density at radius 3 is 2.95 bits per heavy atom. The lowest BCUT2D eigenvalue weighted by Gasteiger charge is -2.01. The highest BCUT2D eigenvalue weighted by atomic mass is 127. The maximum Gasteiger partial charge on any atom is 0.261 e. The number of phenolic OH excluding ortho intramolecular Hbond substituents is 1. The molecular formula is C13H15IN2O2S. The number of hydrogen-bond donors (Lipinski definition) is 1. The Labute approximate surface area is 130 Å². The lowest BCUT2D eigenvalue weighted by molar-refractivity contribution is 0.419. The number of rotatable bonds is 5. The van der Waals surface area contributed by atoms with Crippen LogP contribution in [0.25, 0.3) is 11.5 Å². The molecule has 102 valence electrons. The summed E-state index contributed by atoms with van der Waals surface area (Å²) in [6.45, 7) is 4.36. The number of hydrogen-bond acceptors (Lipinski definition) is 5. The van der Waals surface area contributed by atoms with Crippen molar-refractivity contribution in [3.8, 4) is 17.2 Å². The number of thioether (sulfide) groups is 1. The fraction of sp³-hybridized carbons (Fsp3) is 0.385. The number of phenols is 1. The minimum atomic E-state index is 0.158. The van der Waals surface area contributed by atoms with Crippen LogP contribution in [0.3, 0.4) is 0 Å². The standard InChI is InChI=1S/C13H15IN2O2S/c1-8(2)6-19-7-12-15-13(18-16-12)10-5-9(14)3-4-11(10)17/h3-5,8,17H,6-7H2,1-2H3. The first-order chi connectivity index (χ1) is 9.06. The monoisotopic (exact) mass is 390 g/mol. The van der Waals surface area contributed by atoms with E-state index in [1.165, 1.54) is 0 Å². The number of halogens is 1. The minimum Gasteiger partial charge on any atom is -0.507 e. The molecule has 1 aromatic heterocycles. The molecule has 0 bridgehead atoms. The second kappa shape index (κ2) is 6.60. The first-order valence-electron chi connectivity index (χ1n) is 5.95. The normalized spacial score (nSPS) is 11.2. The number of aromatic nitrogens is 2. The molecule has 0 unspecified atom stereocenters. The maximum absolute atomic E-state index is 9.81. The van der Waals surface area contributed by atoms with Crippen molar-refractivity contribution in [3.63, 3.8) is 0 Å². The van der Waals surface area contributed by atoms with Gasteiger partial charge in [-0.15, -0.1) is 0 Å². The number of aromatic hydroxyl groups is 1. The molecule has 0 atom stereocenters. The first kappa shape index (κ1) is 14.6. The van der Waals surface area contributed by atoms with Crippen LogP contribution < -0.4 is 0 Å². The van der Waals surface area contributed by atoms with Gasteiger partial charge in [-0.25, -0.2) is 0 Å². The summed E-state index contributed by atoms with van der Waals surface area (Å²) in [7, 11) is 0. The summed E-state index contributed by atoms with van der Waals surface area (Å²) in [6.07, 6.45) is 0. The molecule has 0 aliphatic heterocycles. The van der Waals surface area contributed by atoms with E-state index >= 15 is 0 Å². The smallest absolute Gasteiger partial charge is 0.261 e. The van der Waals surface area contributed by atoms with Crippen LogP contribution in [0.4, 0.5) is 0 Å². The van der Waals surface area contributed by atoms with E-state index in [1.807, 2.05) is 12.1 Å². The third-order valence-electron chi connectivity index (χ3n) is 2.34. The molecule has 6 heteroatoms. The van der Waals surface area contributed by atoms with Crippen molar-refractivity contribution in [1.29, 1.82) is 0 Å². The Hall–Kier alpha value is -0.760. The van der Waals surface area contributed by atoms with E-state index in [0.29, 0.717) is 23.2 Å². The predicted molar refractivity (Wildman–Crippen MR) is 85.1 cm³/mol. The summed E-state index contributed by atoms with van der Waals surface area (Å²) < 4.78 is 6.22. The van der Waals surface area contributed by atoms with Gasteiger partial charge in [0.25, 0.3) is 5.89 Å². The van der Waals surface area contributed by atoms with Crippen LogP contribution >= 0.6 is 34.4 Å². The molecule has 4 nitrogen and oxygen atoms in total. The molecule has 0 amide bonds. The molecule has 0 fully saturated rings. The van der Waals surface area contributed by atoms with E-state index in [0.717, 1.165) is 15.1 Å². The lowest BCUT2D eigenvalue weighted by atomic mass is 10.2. The summed E-state index contributed by atoms with van der Waals surface area (Å²) in [5.41, 5.74) is 0.583. The molecule has 1 N–H and O–H groups in total. The van der Waals surface area contributed by atoms with Gasteiger partial charge >= 0.3 is 0 Å². The van der Waals surface area contributed by atoms with Crippen molar-refractivity contribution in [2.24, 2.45) is 5.92 Å². The van der Waals surface area contributed by atoms with Crippen LogP contribution in [0.1, 0.15) is 19.7 Å². The Balaban J connectivity index is 2.10. The molecule has 0 aliphatic carbocycles. The number of nitrogens with zero attached hydrogens (tertiary/aromatic N) is 2. The molecule has 1 heterocycles. The van der Waals surface area contributed by atoms with Crippen molar-refractivity contribution in [2.45, 2.75) is 19.6 Å². The van der Waals surface area contributed by atoms with Gasteiger partial charge in [-0.05, 0) is 52.5 Å². The Kier molecular flexibility index (Phi) is 5.09. The summed E-state index contributed by atoms with van der Waals surface area (Å²) in [5, 5.41) is 13.7. The number of benzene rings is 1. The fourth-order valence-electron chi connectivity index (χ4n) is 1.49. The second-order valence-electron chi connectivity index (χ2n) is 4.59. The molecule has 0 saturated carbocycles. The van der Waals surface area contributed by atoms with E-state index in [-0.39, 0.29) is 5.75 Å². The van der Waals surface area contributed by atoms with E-state index in [1.54, 1.807) is 17.8 Å². The average Bonchev–Trinajstić information content (AvgIpc) is 2.80. The van der Waals surface area contributed by atoms with Crippen LogP contribution in [0.5, 0.6) is 5.75 Å². The van der Waals surface area contributed by atoms with Crippen molar-refractivity contribution < 1.29 is 9.63 Å². The molecule has 19 heavy (non-hydrogen) atoms. The summed E-state index contributed by atoms with van der Waals surface area (Å²) in [5.74, 6) is 3.64. The SMILES string of the molecule is CC(C)CSCc1noc(-c2cc(I)ccc2O)n1. The fourth-order valence-corrected chi connectivity index (χ4v) is 2.87. The highest BCUT2D eigenvalue weighted by Gasteiger charge is 2.13. The molecule has 0 aliphatic rings. The topological polar surface area (TPSA) is 59.2 Å². The maximum atomic E-state index is 9.81. The van der Waals surface area contributed by atoms with Gasteiger partial charge in [-0.3, -0.25) is 0 Å². The summed E-state index contributed by atoms with van der Waals surface area (Å²) in [6, 6.07) is 5.29. The zero-order valence-electron chi connectivity index (χ0n) is 10.8. The first-order valence-corrected chi connectivity index (χ1v) is 8.19. The predicted octanol–water partition coefficient (Wildman–Crippen LogP) is 3.94. The largest absolute Gasteiger partial charge is 0.507 e. The van der Waals surface area contributed by atoms with E-state index in [4.69, 9.17) is 4.52 Å².